The molecule has 1 heterocycles. The molecule has 20 heavy (non-hydrogen) atoms. The standard InChI is InChI=1S/C13H11F3N2O2/c1-18-7-10(11(17-18)12(19)20-2)8-4-3-5-9(6-8)13(14,15)16/h3-7H,1-2H3. The highest BCUT2D eigenvalue weighted by molar-refractivity contribution is 5.95. The van der Waals surface area contributed by atoms with Crippen molar-refractivity contribution in [1.29, 1.82) is 0 Å². The normalized spacial score (nSPS) is 11.4. The second-order valence-corrected chi connectivity index (χ2v) is 4.14. The topological polar surface area (TPSA) is 44.1 Å². The summed E-state index contributed by atoms with van der Waals surface area (Å²) >= 11 is 0. The Balaban J connectivity index is 2.55. The zero-order valence-corrected chi connectivity index (χ0v) is 10.7. The number of carbonyl (C=O) groups is 1. The van der Waals surface area contributed by atoms with E-state index in [2.05, 4.69) is 9.84 Å². The van der Waals surface area contributed by atoms with Gasteiger partial charge in [-0.05, 0) is 17.7 Å². The van der Waals surface area contributed by atoms with Gasteiger partial charge in [-0.3, -0.25) is 4.68 Å². The first-order valence-corrected chi connectivity index (χ1v) is 5.62. The van der Waals surface area contributed by atoms with Gasteiger partial charge in [-0.25, -0.2) is 4.79 Å². The maximum Gasteiger partial charge on any atom is 0.416 e. The van der Waals surface area contributed by atoms with Crippen LogP contribution in [-0.2, 0) is 18.0 Å². The number of rotatable bonds is 2. The van der Waals surface area contributed by atoms with E-state index in [0.29, 0.717) is 5.56 Å². The summed E-state index contributed by atoms with van der Waals surface area (Å²) < 4.78 is 44.0. The summed E-state index contributed by atoms with van der Waals surface area (Å²) in [5.74, 6) is -0.696. The van der Waals surface area contributed by atoms with Gasteiger partial charge in [-0.15, -0.1) is 0 Å². The number of halogens is 3. The van der Waals surface area contributed by atoms with Crippen LogP contribution in [0, 0.1) is 0 Å². The van der Waals surface area contributed by atoms with Crippen molar-refractivity contribution >= 4 is 5.97 Å². The predicted molar refractivity (Wildman–Crippen MR) is 65.0 cm³/mol. The molecule has 0 N–H and O–H groups in total. The van der Waals surface area contributed by atoms with Gasteiger partial charge in [0.15, 0.2) is 5.69 Å². The average Bonchev–Trinajstić information content (AvgIpc) is 2.79. The summed E-state index contributed by atoms with van der Waals surface area (Å²) in [6.45, 7) is 0. The molecule has 0 spiro atoms. The molecule has 0 saturated carbocycles. The molecule has 7 heteroatoms. The molecule has 1 aromatic heterocycles. The molecule has 2 aromatic rings. The summed E-state index contributed by atoms with van der Waals surface area (Å²) in [6, 6.07) is 4.71. The van der Waals surface area contributed by atoms with Crippen molar-refractivity contribution in [2.45, 2.75) is 6.18 Å². The minimum absolute atomic E-state index is 0.0191. The Kier molecular flexibility index (Phi) is 3.52. The fraction of sp³-hybridized carbons (Fsp3) is 0.231. The number of hydrogen-bond donors (Lipinski definition) is 0. The Morgan fingerprint density at radius 1 is 1.35 bits per heavy atom. The second kappa shape index (κ2) is 4.99. The lowest BCUT2D eigenvalue weighted by Crippen LogP contribution is -2.06. The first kappa shape index (κ1) is 14.1. The molecule has 4 nitrogen and oxygen atoms in total. The Labute approximate surface area is 112 Å². The minimum Gasteiger partial charge on any atom is -0.464 e. The molecule has 2 rings (SSSR count). The van der Waals surface area contributed by atoms with E-state index >= 15 is 0 Å². The summed E-state index contributed by atoms with van der Waals surface area (Å²) in [4.78, 5) is 11.6. The van der Waals surface area contributed by atoms with Gasteiger partial charge in [0.2, 0.25) is 0 Å². The number of aromatic nitrogens is 2. The van der Waals surface area contributed by atoms with Crippen LogP contribution in [0.3, 0.4) is 0 Å². The first-order valence-electron chi connectivity index (χ1n) is 5.62. The van der Waals surface area contributed by atoms with E-state index in [0.717, 1.165) is 12.1 Å². The summed E-state index contributed by atoms with van der Waals surface area (Å²) in [7, 11) is 2.76. The summed E-state index contributed by atoms with van der Waals surface area (Å²) in [5, 5.41) is 3.91. The SMILES string of the molecule is COC(=O)c1nn(C)cc1-c1cccc(C(F)(F)F)c1. The molecule has 0 atom stereocenters. The van der Waals surface area contributed by atoms with Gasteiger partial charge in [0.25, 0.3) is 0 Å². The molecule has 0 unspecified atom stereocenters. The van der Waals surface area contributed by atoms with Crippen LogP contribution in [0.4, 0.5) is 13.2 Å². The van der Waals surface area contributed by atoms with Crippen molar-refractivity contribution in [2.24, 2.45) is 7.05 Å². The number of nitrogens with zero attached hydrogens (tertiary/aromatic N) is 2. The van der Waals surface area contributed by atoms with E-state index in [1.165, 1.54) is 30.1 Å². The molecule has 0 bridgehead atoms. The lowest BCUT2D eigenvalue weighted by atomic mass is 10.0. The van der Waals surface area contributed by atoms with Crippen molar-refractivity contribution < 1.29 is 22.7 Å². The smallest absolute Gasteiger partial charge is 0.416 e. The molecule has 0 amide bonds. The maximum absolute atomic E-state index is 12.7. The second-order valence-electron chi connectivity index (χ2n) is 4.14. The van der Waals surface area contributed by atoms with Crippen LogP contribution in [0.2, 0.25) is 0 Å². The van der Waals surface area contributed by atoms with Crippen LogP contribution in [0.1, 0.15) is 16.1 Å². The number of esters is 1. The van der Waals surface area contributed by atoms with E-state index < -0.39 is 17.7 Å². The molecule has 0 aliphatic heterocycles. The fourth-order valence-electron chi connectivity index (χ4n) is 1.81. The molecule has 0 aliphatic carbocycles. The monoisotopic (exact) mass is 284 g/mol. The fourth-order valence-corrected chi connectivity index (χ4v) is 1.81. The molecular formula is C13H11F3N2O2. The van der Waals surface area contributed by atoms with Crippen LogP contribution in [0.25, 0.3) is 11.1 Å². The molecule has 0 fully saturated rings. The Morgan fingerprint density at radius 3 is 2.65 bits per heavy atom. The zero-order chi connectivity index (χ0) is 14.9. The summed E-state index contributed by atoms with van der Waals surface area (Å²) in [5.41, 5.74) is -0.247. The quantitative estimate of drug-likeness (QED) is 0.796. The average molecular weight is 284 g/mol. The highest BCUT2D eigenvalue weighted by Crippen LogP contribution is 2.33. The Hall–Kier alpha value is -2.31. The Bertz CT molecular complexity index is 647. The van der Waals surface area contributed by atoms with E-state index in [1.54, 1.807) is 7.05 Å². The third kappa shape index (κ3) is 2.66. The van der Waals surface area contributed by atoms with E-state index in [9.17, 15) is 18.0 Å². The van der Waals surface area contributed by atoms with Gasteiger partial charge in [0.05, 0.1) is 12.7 Å². The number of ether oxygens (including phenoxy) is 1. The lowest BCUT2D eigenvalue weighted by molar-refractivity contribution is -0.137. The zero-order valence-electron chi connectivity index (χ0n) is 10.7. The van der Waals surface area contributed by atoms with Crippen molar-refractivity contribution in [3.63, 3.8) is 0 Å². The highest BCUT2D eigenvalue weighted by Gasteiger charge is 2.31. The van der Waals surface area contributed by atoms with E-state index in [-0.39, 0.29) is 11.3 Å². The first-order chi connectivity index (χ1) is 9.32. The van der Waals surface area contributed by atoms with Gasteiger partial charge in [0.1, 0.15) is 0 Å². The Morgan fingerprint density at radius 2 is 2.05 bits per heavy atom. The summed E-state index contributed by atoms with van der Waals surface area (Å²) in [6.07, 6.45) is -2.97. The molecule has 1 aromatic carbocycles. The number of carbonyl (C=O) groups excluding carboxylic acids is 1. The van der Waals surface area contributed by atoms with Crippen molar-refractivity contribution in [3.8, 4) is 11.1 Å². The van der Waals surface area contributed by atoms with Gasteiger partial charge in [-0.1, -0.05) is 12.1 Å². The largest absolute Gasteiger partial charge is 0.464 e. The van der Waals surface area contributed by atoms with Crippen LogP contribution in [-0.4, -0.2) is 22.9 Å². The van der Waals surface area contributed by atoms with Gasteiger partial charge in [0, 0.05) is 18.8 Å². The van der Waals surface area contributed by atoms with Crippen LogP contribution in [0.5, 0.6) is 0 Å². The van der Waals surface area contributed by atoms with Crippen molar-refractivity contribution in [2.75, 3.05) is 7.11 Å². The van der Waals surface area contributed by atoms with E-state index in [1.807, 2.05) is 0 Å². The van der Waals surface area contributed by atoms with Crippen LogP contribution >= 0.6 is 0 Å². The minimum atomic E-state index is -4.44. The van der Waals surface area contributed by atoms with Crippen LogP contribution < -0.4 is 0 Å². The lowest BCUT2D eigenvalue weighted by Gasteiger charge is -2.08. The molecule has 0 radical (unpaired) electrons. The molecule has 0 aliphatic rings. The third-order valence-electron chi connectivity index (χ3n) is 2.71. The number of methoxy groups -OCH3 is 1. The highest BCUT2D eigenvalue weighted by atomic mass is 19.4. The molecular weight excluding hydrogens is 273 g/mol. The van der Waals surface area contributed by atoms with Crippen LogP contribution in [0.15, 0.2) is 30.5 Å². The molecule has 0 saturated heterocycles. The van der Waals surface area contributed by atoms with E-state index in [4.69, 9.17) is 0 Å². The van der Waals surface area contributed by atoms with Crippen molar-refractivity contribution in [3.05, 3.63) is 41.7 Å². The van der Waals surface area contributed by atoms with Crippen molar-refractivity contribution in [1.82, 2.24) is 9.78 Å². The third-order valence-corrected chi connectivity index (χ3v) is 2.71. The predicted octanol–water partition coefficient (Wildman–Crippen LogP) is 2.89. The number of alkyl halides is 3. The molecule has 106 valence electrons. The number of benzene rings is 1. The van der Waals surface area contributed by atoms with Gasteiger partial charge in [-0.2, -0.15) is 18.3 Å². The van der Waals surface area contributed by atoms with Gasteiger partial charge >= 0.3 is 12.1 Å². The van der Waals surface area contributed by atoms with Gasteiger partial charge < -0.3 is 4.74 Å². The maximum atomic E-state index is 12.7. The number of aryl methyl sites for hydroxylation is 1. The number of hydrogen-bond acceptors (Lipinski definition) is 3.